The van der Waals surface area contributed by atoms with Crippen molar-refractivity contribution in [1.29, 1.82) is 0 Å². The third-order valence-corrected chi connectivity index (χ3v) is 10.1. The van der Waals surface area contributed by atoms with E-state index in [9.17, 15) is 9.59 Å². The van der Waals surface area contributed by atoms with E-state index in [0.717, 1.165) is 49.4 Å². The number of nitrogens with one attached hydrogen (secondary N) is 2. The Morgan fingerprint density at radius 3 is 1.30 bits per heavy atom. The van der Waals surface area contributed by atoms with Crippen LogP contribution in [0.25, 0.3) is 0 Å². The maximum Gasteiger partial charge on any atom is 0.223 e. The normalized spacial score (nSPS) is 44.1. The summed E-state index contributed by atoms with van der Waals surface area (Å²) in [5.41, 5.74) is 0. The van der Waals surface area contributed by atoms with Gasteiger partial charge in [-0.05, 0) is 114 Å². The maximum absolute atomic E-state index is 12.9. The number of carbonyl (C=O) groups is 2. The Kier molecular flexibility index (Phi) is 5.88. The van der Waals surface area contributed by atoms with Crippen LogP contribution in [0.15, 0.2) is 0 Å². The van der Waals surface area contributed by atoms with Gasteiger partial charge < -0.3 is 10.6 Å². The molecule has 5 aliphatic carbocycles. The van der Waals surface area contributed by atoms with E-state index in [4.69, 9.17) is 0 Å². The lowest BCUT2D eigenvalue weighted by Gasteiger charge is -2.33. The van der Waals surface area contributed by atoms with Crippen LogP contribution >= 0.6 is 0 Å². The molecule has 2 N–H and O–H groups in total. The fraction of sp³-hybridized carbons (Fsp3) is 0.923. The lowest BCUT2D eigenvalue weighted by atomic mass is 9.79. The number of fused-ring (bicyclic) bond motifs is 4. The Morgan fingerprint density at radius 1 is 0.600 bits per heavy atom. The molecule has 5 rings (SSSR count). The fourth-order valence-corrected chi connectivity index (χ4v) is 8.33. The monoisotopic (exact) mass is 414 g/mol. The Balaban J connectivity index is 1.05. The first-order chi connectivity index (χ1) is 14.5. The Hall–Kier alpha value is -1.06. The molecule has 0 heterocycles. The summed E-state index contributed by atoms with van der Waals surface area (Å²) in [6.45, 7) is 4.44. The second-order valence-electron chi connectivity index (χ2n) is 11.8. The predicted octanol–water partition coefficient (Wildman–Crippen LogP) is 4.67. The van der Waals surface area contributed by atoms with E-state index in [2.05, 4.69) is 24.5 Å². The summed E-state index contributed by atoms with van der Waals surface area (Å²) in [5.74, 6) is 5.66. The topological polar surface area (TPSA) is 58.2 Å². The van der Waals surface area contributed by atoms with Crippen molar-refractivity contribution < 1.29 is 9.59 Å². The summed E-state index contributed by atoms with van der Waals surface area (Å²) in [6, 6.07) is 0.632. The zero-order valence-corrected chi connectivity index (χ0v) is 19.1. The second kappa shape index (κ2) is 8.47. The minimum atomic E-state index is 0.109. The van der Waals surface area contributed by atoms with E-state index in [1.807, 2.05) is 0 Å². The van der Waals surface area contributed by atoms with Gasteiger partial charge in [0.1, 0.15) is 0 Å². The highest BCUT2D eigenvalue weighted by Crippen LogP contribution is 2.50. The number of hydrogen-bond acceptors (Lipinski definition) is 2. The molecule has 30 heavy (non-hydrogen) atoms. The molecule has 0 aromatic carbocycles. The van der Waals surface area contributed by atoms with E-state index in [1.165, 1.54) is 51.4 Å². The molecule has 0 aromatic heterocycles. The van der Waals surface area contributed by atoms with Gasteiger partial charge in [0, 0.05) is 23.9 Å². The number of hydrogen-bond donors (Lipinski definition) is 2. The van der Waals surface area contributed by atoms with Gasteiger partial charge >= 0.3 is 0 Å². The molecule has 0 unspecified atom stereocenters. The molecule has 2 amide bonds. The summed E-state index contributed by atoms with van der Waals surface area (Å²) in [7, 11) is 0. The van der Waals surface area contributed by atoms with Crippen molar-refractivity contribution in [3.8, 4) is 0 Å². The summed E-state index contributed by atoms with van der Waals surface area (Å²) < 4.78 is 0. The predicted molar refractivity (Wildman–Crippen MR) is 119 cm³/mol. The fourth-order valence-electron chi connectivity index (χ4n) is 8.33. The summed E-state index contributed by atoms with van der Waals surface area (Å²) in [6.07, 6.45) is 14.5. The summed E-state index contributed by atoms with van der Waals surface area (Å²) in [5, 5.41) is 6.73. The maximum atomic E-state index is 12.9. The van der Waals surface area contributed by atoms with Crippen molar-refractivity contribution in [1.82, 2.24) is 10.6 Å². The first kappa shape index (κ1) is 20.8. The van der Waals surface area contributed by atoms with Crippen LogP contribution in [0.4, 0.5) is 0 Å². The van der Waals surface area contributed by atoms with Crippen molar-refractivity contribution in [2.45, 2.75) is 103 Å². The largest absolute Gasteiger partial charge is 0.353 e. The Bertz CT molecular complexity index is 599. The average Bonchev–Trinajstić information content (AvgIpc) is 3.55. The number of carbonyl (C=O) groups excluding carboxylic acids is 2. The van der Waals surface area contributed by atoms with Crippen LogP contribution in [0, 0.1) is 47.3 Å². The molecular formula is C26H42N2O2. The Labute approximate surface area is 182 Å². The molecule has 8 atom stereocenters. The molecule has 0 radical (unpaired) electrons. The van der Waals surface area contributed by atoms with Gasteiger partial charge in [0.05, 0.1) is 0 Å². The summed E-state index contributed by atoms with van der Waals surface area (Å²) in [4.78, 5) is 25.7. The second-order valence-corrected chi connectivity index (χ2v) is 11.8. The number of rotatable bonds is 6. The first-order valence-electron chi connectivity index (χ1n) is 13.1. The molecule has 0 saturated heterocycles. The van der Waals surface area contributed by atoms with Gasteiger partial charge in [0.15, 0.2) is 0 Å². The van der Waals surface area contributed by atoms with Crippen molar-refractivity contribution in [3.05, 3.63) is 0 Å². The van der Waals surface area contributed by atoms with Crippen LogP contribution in [0.2, 0.25) is 0 Å². The van der Waals surface area contributed by atoms with E-state index in [0.29, 0.717) is 23.9 Å². The van der Waals surface area contributed by atoms with Crippen LogP contribution in [-0.2, 0) is 9.59 Å². The standard InChI is InChI=1S/C26H42N2O2/c1-15(23-13-17-3-5-21(23)11-17)27-25(29)19-7-9-20(10-8-19)26(30)28-16(2)24-14-18-4-6-22(24)12-18/h15-24H,3-14H2,1-2H3,(H,27,29)(H,28,30)/t15-,16-,17+,18+,19?,20?,21+,22+,23-,24+/m0/s1. The van der Waals surface area contributed by atoms with E-state index < -0.39 is 0 Å². The van der Waals surface area contributed by atoms with Gasteiger partial charge in [-0.25, -0.2) is 0 Å². The van der Waals surface area contributed by atoms with Gasteiger partial charge in [0.25, 0.3) is 0 Å². The third-order valence-electron chi connectivity index (χ3n) is 10.1. The van der Waals surface area contributed by atoms with E-state index in [-0.39, 0.29) is 23.7 Å². The highest BCUT2D eigenvalue weighted by atomic mass is 16.2. The van der Waals surface area contributed by atoms with Gasteiger partial charge in [-0.15, -0.1) is 0 Å². The Morgan fingerprint density at radius 2 is 1.00 bits per heavy atom. The molecule has 0 aliphatic heterocycles. The van der Waals surface area contributed by atoms with E-state index >= 15 is 0 Å². The van der Waals surface area contributed by atoms with Crippen molar-refractivity contribution >= 4 is 11.8 Å². The first-order valence-corrected chi connectivity index (χ1v) is 13.1. The van der Waals surface area contributed by atoms with Crippen molar-refractivity contribution in [2.75, 3.05) is 0 Å². The molecule has 4 nitrogen and oxygen atoms in total. The molecule has 5 aliphatic rings. The highest BCUT2D eigenvalue weighted by molar-refractivity contribution is 5.81. The molecule has 0 aromatic rings. The van der Waals surface area contributed by atoms with Gasteiger partial charge in [-0.2, -0.15) is 0 Å². The molecule has 5 saturated carbocycles. The molecule has 168 valence electrons. The van der Waals surface area contributed by atoms with Gasteiger partial charge in [-0.1, -0.05) is 12.8 Å². The third kappa shape index (κ3) is 4.05. The lowest BCUT2D eigenvalue weighted by Crippen LogP contribution is -2.46. The van der Waals surface area contributed by atoms with Crippen LogP contribution in [0.5, 0.6) is 0 Å². The zero-order valence-electron chi connectivity index (χ0n) is 19.1. The van der Waals surface area contributed by atoms with Gasteiger partial charge in [-0.3, -0.25) is 9.59 Å². The molecule has 4 heteroatoms. The average molecular weight is 415 g/mol. The van der Waals surface area contributed by atoms with Crippen LogP contribution < -0.4 is 10.6 Å². The number of amides is 2. The summed E-state index contributed by atoms with van der Waals surface area (Å²) >= 11 is 0. The molecule has 0 spiro atoms. The highest BCUT2D eigenvalue weighted by Gasteiger charge is 2.44. The quantitative estimate of drug-likeness (QED) is 0.663. The van der Waals surface area contributed by atoms with Gasteiger partial charge in [0.2, 0.25) is 11.8 Å². The zero-order chi connectivity index (χ0) is 20.8. The van der Waals surface area contributed by atoms with Crippen molar-refractivity contribution in [3.63, 3.8) is 0 Å². The van der Waals surface area contributed by atoms with E-state index in [1.54, 1.807) is 0 Å². The molecule has 4 bridgehead atoms. The minimum absolute atomic E-state index is 0.109. The smallest absolute Gasteiger partial charge is 0.223 e. The van der Waals surface area contributed by atoms with Crippen LogP contribution in [-0.4, -0.2) is 23.9 Å². The van der Waals surface area contributed by atoms with Crippen LogP contribution in [0.1, 0.15) is 90.9 Å². The minimum Gasteiger partial charge on any atom is -0.353 e. The van der Waals surface area contributed by atoms with Crippen LogP contribution in [0.3, 0.4) is 0 Å². The molecular weight excluding hydrogens is 372 g/mol. The SMILES string of the molecule is C[C@H](NC(=O)C1CCC(C(=O)N[C@@H](C)[C@H]2C[C@@H]3CC[C@@H]2C3)CC1)[C@@H]1C[C@@H]2CC[C@@H]1C2. The molecule has 5 fully saturated rings. The lowest BCUT2D eigenvalue weighted by molar-refractivity contribution is -0.131. The van der Waals surface area contributed by atoms with Crippen molar-refractivity contribution in [2.24, 2.45) is 47.3 Å².